The first-order valence-corrected chi connectivity index (χ1v) is 4.78. The Bertz CT molecular complexity index is 327. The van der Waals surface area contributed by atoms with Gasteiger partial charge >= 0.3 is 6.03 Å². The first-order valence-electron chi connectivity index (χ1n) is 4.78. The minimum absolute atomic E-state index is 0.0281. The van der Waals surface area contributed by atoms with Crippen molar-refractivity contribution < 1.29 is 4.79 Å². The second-order valence-electron chi connectivity index (χ2n) is 3.48. The van der Waals surface area contributed by atoms with Gasteiger partial charge in [0.1, 0.15) is 0 Å². The van der Waals surface area contributed by atoms with E-state index in [4.69, 9.17) is 0 Å². The topological polar surface area (TPSA) is 50.2 Å². The van der Waals surface area contributed by atoms with Crippen molar-refractivity contribution in [2.45, 2.75) is 6.92 Å². The summed E-state index contributed by atoms with van der Waals surface area (Å²) in [5.41, 5.74) is 1.01. The normalized spacial score (nSPS) is 17.1. The van der Waals surface area contributed by atoms with Gasteiger partial charge in [-0.15, -0.1) is 0 Å². The van der Waals surface area contributed by atoms with Gasteiger partial charge < -0.3 is 10.2 Å². The van der Waals surface area contributed by atoms with Gasteiger partial charge in [-0.05, 0) is 12.5 Å². The van der Waals surface area contributed by atoms with E-state index in [1.807, 2.05) is 11.8 Å². The van der Waals surface area contributed by atoms with Gasteiger partial charge in [0.25, 0.3) is 0 Å². The van der Waals surface area contributed by atoms with E-state index in [1.165, 1.54) is 4.68 Å². The number of aryl methyl sites for hydroxylation is 1. The molecule has 0 bridgehead atoms. The summed E-state index contributed by atoms with van der Waals surface area (Å²) in [6.45, 7) is 5.18. The van der Waals surface area contributed by atoms with Gasteiger partial charge in [-0.1, -0.05) is 0 Å². The molecule has 5 nitrogen and oxygen atoms in total. The zero-order valence-corrected chi connectivity index (χ0v) is 8.23. The molecule has 5 heteroatoms. The smallest absolute Gasteiger partial charge is 0.320 e. The van der Waals surface area contributed by atoms with Crippen molar-refractivity contribution in [3.8, 4) is 0 Å². The third-order valence-corrected chi connectivity index (χ3v) is 2.30. The highest BCUT2D eigenvalue weighted by atomic mass is 16.2. The van der Waals surface area contributed by atoms with Crippen molar-refractivity contribution in [2.24, 2.45) is 0 Å². The van der Waals surface area contributed by atoms with Crippen molar-refractivity contribution in [3.63, 3.8) is 0 Å². The molecule has 1 aliphatic rings. The van der Waals surface area contributed by atoms with E-state index in [-0.39, 0.29) is 6.03 Å². The van der Waals surface area contributed by atoms with E-state index in [2.05, 4.69) is 10.4 Å². The van der Waals surface area contributed by atoms with Crippen LogP contribution in [0.1, 0.15) is 5.56 Å². The maximum Gasteiger partial charge on any atom is 0.344 e. The first-order chi connectivity index (χ1) is 6.77. The van der Waals surface area contributed by atoms with Crippen LogP contribution in [-0.4, -0.2) is 46.9 Å². The van der Waals surface area contributed by atoms with Crippen LogP contribution < -0.4 is 5.32 Å². The fourth-order valence-electron chi connectivity index (χ4n) is 1.52. The van der Waals surface area contributed by atoms with Gasteiger partial charge in [-0.2, -0.15) is 9.78 Å². The Morgan fingerprint density at radius 2 is 2.21 bits per heavy atom. The van der Waals surface area contributed by atoms with Gasteiger partial charge in [0.2, 0.25) is 0 Å². The molecular weight excluding hydrogens is 180 g/mol. The lowest BCUT2D eigenvalue weighted by Crippen LogP contribution is -2.48. The molecule has 1 N–H and O–H groups in total. The third-order valence-electron chi connectivity index (χ3n) is 2.30. The van der Waals surface area contributed by atoms with E-state index >= 15 is 0 Å². The minimum Gasteiger partial charge on any atom is -0.320 e. The van der Waals surface area contributed by atoms with Crippen LogP contribution in [0.25, 0.3) is 0 Å². The molecule has 1 saturated heterocycles. The maximum atomic E-state index is 11.8. The number of nitrogens with zero attached hydrogens (tertiary/aromatic N) is 3. The van der Waals surface area contributed by atoms with Gasteiger partial charge in [0, 0.05) is 32.4 Å². The highest BCUT2D eigenvalue weighted by molar-refractivity contribution is 5.76. The number of carbonyl (C=O) groups excluding carboxylic acids is 1. The molecule has 0 aromatic carbocycles. The molecule has 0 unspecified atom stereocenters. The monoisotopic (exact) mass is 194 g/mol. The van der Waals surface area contributed by atoms with Crippen molar-refractivity contribution in [2.75, 3.05) is 26.2 Å². The molecule has 1 amide bonds. The Hall–Kier alpha value is -1.36. The molecule has 2 heterocycles. The van der Waals surface area contributed by atoms with Crippen molar-refractivity contribution in [3.05, 3.63) is 18.0 Å². The highest BCUT2D eigenvalue weighted by Gasteiger charge is 2.17. The SMILES string of the molecule is Cc1cnn(C(=O)N2CCNCC2)c1. The molecule has 1 aliphatic heterocycles. The Balaban J connectivity index is 2.07. The lowest BCUT2D eigenvalue weighted by molar-refractivity contribution is 0.188. The molecule has 0 spiro atoms. The van der Waals surface area contributed by atoms with E-state index in [1.54, 1.807) is 12.4 Å². The van der Waals surface area contributed by atoms with Crippen LogP contribution in [0.4, 0.5) is 4.79 Å². The average molecular weight is 194 g/mol. The molecule has 1 aromatic heterocycles. The Morgan fingerprint density at radius 1 is 1.50 bits per heavy atom. The summed E-state index contributed by atoms with van der Waals surface area (Å²) in [5.74, 6) is 0. The van der Waals surface area contributed by atoms with Gasteiger partial charge in [0.15, 0.2) is 0 Å². The van der Waals surface area contributed by atoms with Crippen molar-refractivity contribution in [1.29, 1.82) is 0 Å². The van der Waals surface area contributed by atoms with Crippen LogP contribution in [-0.2, 0) is 0 Å². The molecule has 76 valence electrons. The number of hydrogen-bond donors (Lipinski definition) is 1. The summed E-state index contributed by atoms with van der Waals surface area (Å²) in [6, 6.07) is -0.0281. The van der Waals surface area contributed by atoms with Crippen LogP contribution in [0.2, 0.25) is 0 Å². The van der Waals surface area contributed by atoms with E-state index in [0.29, 0.717) is 0 Å². The second-order valence-corrected chi connectivity index (χ2v) is 3.48. The highest BCUT2D eigenvalue weighted by Crippen LogP contribution is 2.00. The molecule has 1 fully saturated rings. The summed E-state index contributed by atoms with van der Waals surface area (Å²) in [7, 11) is 0. The summed E-state index contributed by atoms with van der Waals surface area (Å²) >= 11 is 0. The predicted molar refractivity (Wildman–Crippen MR) is 52.2 cm³/mol. The van der Waals surface area contributed by atoms with Crippen molar-refractivity contribution in [1.82, 2.24) is 20.0 Å². The molecule has 14 heavy (non-hydrogen) atoms. The second kappa shape index (κ2) is 3.79. The summed E-state index contributed by atoms with van der Waals surface area (Å²) in [4.78, 5) is 13.6. The van der Waals surface area contributed by atoms with Crippen LogP contribution in [0.15, 0.2) is 12.4 Å². The van der Waals surface area contributed by atoms with E-state index < -0.39 is 0 Å². The Morgan fingerprint density at radius 3 is 2.79 bits per heavy atom. The minimum atomic E-state index is -0.0281. The molecule has 0 aliphatic carbocycles. The number of amides is 1. The predicted octanol–water partition coefficient (Wildman–Crippen LogP) is 0.0648. The summed E-state index contributed by atoms with van der Waals surface area (Å²) < 4.78 is 1.40. The number of aromatic nitrogens is 2. The lowest BCUT2D eigenvalue weighted by Gasteiger charge is -2.26. The lowest BCUT2D eigenvalue weighted by atomic mass is 10.4. The van der Waals surface area contributed by atoms with Crippen LogP contribution >= 0.6 is 0 Å². The standard InChI is InChI=1S/C9H14N4O/c1-8-6-11-13(7-8)9(14)12-4-2-10-3-5-12/h6-7,10H,2-5H2,1H3. The van der Waals surface area contributed by atoms with E-state index in [0.717, 1.165) is 31.7 Å². The fraction of sp³-hybridized carbons (Fsp3) is 0.556. The molecule has 0 saturated carbocycles. The van der Waals surface area contributed by atoms with Crippen molar-refractivity contribution >= 4 is 6.03 Å². The van der Waals surface area contributed by atoms with Crippen LogP contribution in [0.3, 0.4) is 0 Å². The van der Waals surface area contributed by atoms with Crippen LogP contribution in [0, 0.1) is 6.92 Å². The quantitative estimate of drug-likeness (QED) is 0.635. The maximum absolute atomic E-state index is 11.8. The Kier molecular flexibility index (Phi) is 2.49. The molecular formula is C9H14N4O. The number of rotatable bonds is 0. The van der Waals surface area contributed by atoms with Gasteiger partial charge in [-0.3, -0.25) is 0 Å². The Labute approximate surface area is 82.7 Å². The molecule has 0 atom stereocenters. The van der Waals surface area contributed by atoms with Gasteiger partial charge in [-0.25, -0.2) is 4.79 Å². The van der Waals surface area contributed by atoms with E-state index in [9.17, 15) is 4.79 Å². The van der Waals surface area contributed by atoms with Crippen LogP contribution in [0.5, 0.6) is 0 Å². The molecule has 0 radical (unpaired) electrons. The zero-order valence-electron chi connectivity index (χ0n) is 8.23. The molecule has 1 aromatic rings. The largest absolute Gasteiger partial charge is 0.344 e. The number of hydrogen-bond acceptors (Lipinski definition) is 3. The first kappa shape index (κ1) is 9.21. The fourth-order valence-corrected chi connectivity index (χ4v) is 1.52. The zero-order chi connectivity index (χ0) is 9.97. The number of piperazine rings is 1. The third kappa shape index (κ3) is 1.77. The number of carbonyl (C=O) groups is 1. The molecule has 2 rings (SSSR count). The number of nitrogens with one attached hydrogen (secondary N) is 1. The average Bonchev–Trinajstić information content (AvgIpc) is 2.65. The summed E-state index contributed by atoms with van der Waals surface area (Å²) in [5, 5.41) is 7.20. The summed E-state index contributed by atoms with van der Waals surface area (Å²) in [6.07, 6.45) is 3.45. The van der Waals surface area contributed by atoms with Gasteiger partial charge in [0.05, 0.1) is 6.20 Å².